The van der Waals surface area contributed by atoms with E-state index >= 15 is 0 Å². The summed E-state index contributed by atoms with van der Waals surface area (Å²) in [6.07, 6.45) is 0. The highest BCUT2D eigenvalue weighted by Crippen LogP contribution is 2.26. The van der Waals surface area contributed by atoms with E-state index in [9.17, 15) is 13.2 Å². The molecule has 0 saturated heterocycles. The van der Waals surface area contributed by atoms with Gasteiger partial charge in [0.25, 0.3) is 0 Å². The molecule has 0 radical (unpaired) electrons. The second kappa shape index (κ2) is 3.19. The number of halogens is 3. The van der Waals surface area contributed by atoms with Crippen LogP contribution >= 0.6 is 11.9 Å². The molecule has 0 unspecified atom stereocenters. The highest BCUT2D eigenvalue weighted by atomic mass is 32.2. The zero-order chi connectivity index (χ0) is 6.62. The quantitative estimate of drug-likeness (QED) is 0.594. The van der Waals surface area contributed by atoms with Crippen LogP contribution in [0.4, 0.5) is 13.2 Å². The van der Waals surface area contributed by atoms with Crippen LogP contribution in [-0.2, 0) is 0 Å². The first-order valence-corrected chi connectivity index (χ1v) is 2.85. The summed E-state index contributed by atoms with van der Waals surface area (Å²) in [5.41, 5.74) is -4.14. The van der Waals surface area contributed by atoms with Gasteiger partial charge in [0, 0.05) is 18.5 Å². The Balaban J connectivity index is 3.11. The first-order valence-electron chi connectivity index (χ1n) is 2.04. The molecule has 0 heterocycles. The molecule has 0 spiro atoms. The monoisotopic (exact) mass is 145 g/mol. The van der Waals surface area contributed by atoms with Crippen molar-refractivity contribution in [1.82, 2.24) is 4.72 Å². The maximum atomic E-state index is 11.1. The third kappa shape index (κ3) is 6.10. The second-order valence-corrected chi connectivity index (χ2v) is 2.00. The van der Waals surface area contributed by atoms with Crippen LogP contribution in [0.15, 0.2) is 0 Å². The summed E-state index contributed by atoms with van der Waals surface area (Å²) in [4.78, 5) is 0. The molecule has 0 aliphatic heterocycles. The van der Waals surface area contributed by atoms with Gasteiger partial charge in [0.2, 0.25) is 0 Å². The van der Waals surface area contributed by atoms with Crippen molar-refractivity contribution in [2.24, 2.45) is 0 Å². The van der Waals surface area contributed by atoms with E-state index in [4.69, 9.17) is 0 Å². The third-order valence-electron chi connectivity index (χ3n) is 0.332. The molecule has 0 fully saturated rings. The molecule has 5 heteroatoms. The molecule has 0 bridgehead atoms. The zero-order valence-electron chi connectivity index (χ0n) is 4.25. The molecule has 8 heavy (non-hydrogen) atoms. The molecule has 0 amide bonds. The summed E-state index contributed by atoms with van der Waals surface area (Å²) in [5, 5.41) is 0. The van der Waals surface area contributed by atoms with Crippen LogP contribution in [0.3, 0.4) is 0 Å². The molecule has 0 aliphatic carbocycles. The predicted molar refractivity (Wildman–Crippen MR) is 27.3 cm³/mol. The lowest BCUT2D eigenvalue weighted by molar-refractivity contribution is -0.0335. The average molecular weight is 145 g/mol. The number of nitrogens with one attached hydrogen (secondary N) is 1. The first kappa shape index (κ1) is 8.10. The summed E-state index contributed by atoms with van der Waals surface area (Å²) in [5.74, 6) is 0. The van der Waals surface area contributed by atoms with Crippen molar-refractivity contribution in [3.05, 3.63) is 0 Å². The first-order chi connectivity index (χ1) is 3.56. The molecule has 1 N–H and O–H groups in total. The molecule has 0 aliphatic rings. The molecule has 0 aromatic carbocycles. The Kier molecular flexibility index (Phi) is 3.23. The van der Waals surface area contributed by atoms with Crippen molar-refractivity contribution in [2.45, 2.75) is 12.4 Å². The zero-order valence-corrected chi connectivity index (χ0v) is 5.07. The van der Waals surface area contributed by atoms with E-state index in [1.54, 1.807) is 6.92 Å². The Hall–Kier alpha value is 0.100. The van der Waals surface area contributed by atoms with E-state index in [1.807, 2.05) is 0 Å². The molecule has 0 aromatic rings. The van der Waals surface area contributed by atoms with Crippen LogP contribution < -0.4 is 4.72 Å². The fourth-order valence-corrected chi connectivity index (χ4v) is 0.462. The van der Waals surface area contributed by atoms with Gasteiger partial charge in [-0.2, -0.15) is 13.2 Å². The largest absolute Gasteiger partial charge is 0.456 e. The Morgan fingerprint density at radius 1 is 1.50 bits per heavy atom. The van der Waals surface area contributed by atoms with Crippen LogP contribution in [-0.4, -0.2) is 12.1 Å². The van der Waals surface area contributed by atoms with E-state index < -0.39 is 5.51 Å². The van der Waals surface area contributed by atoms with Crippen molar-refractivity contribution < 1.29 is 13.2 Å². The molecular formula is C3H6F3NS. The summed E-state index contributed by atoms with van der Waals surface area (Å²) < 4.78 is 35.5. The average Bonchev–Trinajstić information content (AvgIpc) is 1.59. The summed E-state index contributed by atoms with van der Waals surface area (Å²) >= 11 is -0.216. The molecular weight excluding hydrogens is 139 g/mol. The van der Waals surface area contributed by atoms with Crippen molar-refractivity contribution in [1.29, 1.82) is 0 Å². The van der Waals surface area contributed by atoms with Gasteiger partial charge >= 0.3 is 5.51 Å². The molecule has 1 nitrogen and oxygen atoms in total. The maximum Gasteiger partial charge on any atom is 0.456 e. The van der Waals surface area contributed by atoms with Gasteiger partial charge < -0.3 is 0 Å². The Labute approximate surface area is 49.8 Å². The summed E-state index contributed by atoms with van der Waals surface area (Å²) in [6, 6.07) is 0. The summed E-state index contributed by atoms with van der Waals surface area (Å²) in [6.45, 7) is 1.93. The Bertz CT molecular complexity index is 62.0. The van der Waals surface area contributed by atoms with E-state index in [0.29, 0.717) is 6.54 Å². The van der Waals surface area contributed by atoms with Gasteiger partial charge in [0.15, 0.2) is 0 Å². The highest BCUT2D eigenvalue weighted by Gasteiger charge is 2.27. The smallest absolute Gasteiger partial charge is 0.257 e. The van der Waals surface area contributed by atoms with Gasteiger partial charge in [0.05, 0.1) is 0 Å². The lowest BCUT2D eigenvalue weighted by Crippen LogP contribution is -2.11. The molecule has 50 valence electrons. The van der Waals surface area contributed by atoms with Crippen LogP contribution in [0.25, 0.3) is 0 Å². The number of hydrogen-bond acceptors (Lipinski definition) is 2. The molecule has 0 saturated carbocycles. The normalized spacial score (nSPS) is 12.0. The fourth-order valence-electron chi connectivity index (χ4n) is 0.154. The maximum absolute atomic E-state index is 11.1. The van der Waals surface area contributed by atoms with Gasteiger partial charge in [-0.05, 0) is 0 Å². The number of rotatable bonds is 2. The second-order valence-electron chi connectivity index (χ2n) is 1.05. The highest BCUT2D eigenvalue weighted by molar-refractivity contribution is 7.98. The molecule has 0 rings (SSSR count). The van der Waals surface area contributed by atoms with E-state index in [2.05, 4.69) is 4.72 Å². The van der Waals surface area contributed by atoms with Crippen molar-refractivity contribution >= 4 is 11.9 Å². The Morgan fingerprint density at radius 2 is 2.00 bits per heavy atom. The SMILES string of the molecule is CCNSC(F)(F)F. The van der Waals surface area contributed by atoms with Crippen molar-refractivity contribution in [3.63, 3.8) is 0 Å². The predicted octanol–water partition coefficient (Wildman–Crippen LogP) is 1.76. The van der Waals surface area contributed by atoms with E-state index in [0.717, 1.165) is 0 Å². The standard InChI is InChI=1S/C3H6F3NS/c1-2-7-8-3(4,5)6/h7H,2H2,1H3. The topological polar surface area (TPSA) is 12.0 Å². The van der Waals surface area contributed by atoms with Gasteiger partial charge in [-0.1, -0.05) is 6.92 Å². The molecule has 0 aromatic heterocycles. The number of alkyl halides is 3. The molecule has 0 atom stereocenters. The van der Waals surface area contributed by atoms with Gasteiger partial charge in [-0.25, -0.2) is 0 Å². The van der Waals surface area contributed by atoms with Gasteiger partial charge in [-0.15, -0.1) is 0 Å². The lowest BCUT2D eigenvalue weighted by Gasteiger charge is -2.02. The minimum absolute atomic E-state index is 0.216. The van der Waals surface area contributed by atoms with Crippen LogP contribution in [0, 0.1) is 0 Å². The third-order valence-corrected chi connectivity index (χ3v) is 0.997. The Morgan fingerprint density at radius 3 is 2.12 bits per heavy atom. The van der Waals surface area contributed by atoms with Crippen LogP contribution in [0.2, 0.25) is 0 Å². The van der Waals surface area contributed by atoms with Crippen LogP contribution in [0.5, 0.6) is 0 Å². The van der Waals surface area contributed by atoms with Crippen LogP contribution in [0.1, 0.15) is 6.92 Å². The van der Waals surface area contributed by atoms with Crippen molar-refractivity contribution in [2.75, 3.05) is 6.54 Å². The van der Waals surface area contributed by atoms with E-state index in [-0.39, 0.29) is 11.9 Å². The fraction of sp³-hybridized carbons (Fsp3) is 1.00. The summed E-state index contributed by atoms with van der Waals surface area (Å²) in [7, 11) is 0. The van der Waals surface area contributed by atoms with Gasteiger partial charge in [-0.3, -0.25) is 4.72 Å². The number of hydrogen-bond donors (Lipinski definition) is 1. The van der Waals surface area contributed by atoms with E-state index in [1.165, 1.54) is 0 Å². The lowest BCUT2D eigenvalue weighted by atomic mass is 10.8. The van der Waals surface area contributed by atoms with Crippen molar-refractivity contribution in [3.8, 4) is 0 Å². The minimum atomic E-state index is -4.14. The minimum Gasteiger partial charge on any atom is -0.257 e. The van der Waals surface area contributed by atoms with Gasteiger partial charge in [0.1, 0.15) is 0 Å².